The molecular weight excluding hydrogens is 421 g/mol. The van der Waals surface area contributed by atoms with Gasteiger partial charge in [-0.1, -0.05) is 41.2 Å². The lowest BCUT2D eigenvalue weighted by Crippen LogP contribution is -2.13. The highest BCUT2D eigenvalue weighted by atomic mass is 35.5. The standard InChI is InChI=1S/C18H15Cl2N5O2S/c1-25-9-21-14-6-10(2-5-15(14)25)8-27-18(26)22-17-24-23-16(28-17)12-4-3-11(19)7-13(12)20/h2-6,9,11H,7-8H2,1H3,(H,22,24,26). The molecule has 1 unspecified atom stereocenters. The molecule has 7 nitrogen and oxygen atoms in total. The Balaban J connectivity index is 1.37. The van der Waals surface area contributed by atoms with Gasteiger partial charge in [0.2, 0.25) is 5.13 Å². The Morgan fingerprint density at radius 2 is 2.29 bits per heavy atom. The lowest BCUT2D eigenvalue weighted by Gasteiger charge is -2.11. The molecule has 2 aromatic heterocycles. The molecule has 0 spiro atoms. The highest BCUT2D eigenvalue weighted by Crippen LogP contribution is 2.34. The number of imidazole rings is 1. The monoisotopic (exact) mass is 435 g/mol. The Labute approximate surface area is 174 Å². The van der Waals surface area contributed by atoms with Gasteiger partial charge in [0, 0.05) is 24.1 Å². The van der Waals surface area contributed by atoms with Crippen molar-refractivity contribution < 1.29 is 9.53 Å². The van der Waals surface area contributed by atoms with Crippen molar-refractivity contribution in [3.8, 4) is 0 Å². The molecule has 1 amide bonds. The van der Waals surface area contributed by atoms with Crippen LogP contribution in [0, 0.1) is 0 Å². The second-order valence-corrected chi connectivity index (χ2v) is 8.18. The summed E-state index contributed by atoms with van der Waals surface area (Å²) in [6.45, 7) is 0.126. The van der Waals surface area contributed by atoms with Gasteiger partial charge < -0.3 is 9.30 Å². The van der Waals surface area contributed by atoms with Crippen molar-refractivity contribution in [2.24, 2.45) is 7.05 Å². The second-order valence-electron chi connectivity index (χ2n) is 6.19. The zero-order valence-corrected chi connectivity index (χ0v) is 17.1. The van der Waals surface area contributed by atoms with Gasteiger partial charge >= 0.3 is 6.09 Å². The van der Waals surface area contributed by atoms with E-state index in [1.54, 1.807) is 6.33 Å². The third-order valence-electron chi connectivity index (χ3n) is 4.16. The number of fused-ring (bicyclic) bond motifs is 1. The van der Waals surface area contributed by atoms with Gasteiger partial charge in [0.1, 0.15) is 6.61 Å². The van der Waals surface area contributed by atoms with E-state index in [1.807, 2.05) is 42.0 Å². The molecule has 144 valence electrons. The fourth-order valence-corrected chi connectivity index (χ4v) is 4.22. The fourth-order valence-electron chi connectivity index (χ4n) is 2.75. The van der Waals surface area contributed by atoms with Crippen molar-refractivity contribution in [3.05, 3.63) is 52.3 Å². The molecule has 0 saturated heterocycles. The predicted molar refractivity (Wildman–Crippen MR) is 111 cm³/mol. The summed E-state index contributed by atoms with van der Waals surface area (Å²) in [7, 11) is 1.93. The Bertz CT molecular complexity index is 1100. The molecular formula is C18H15Cl2N5O2S. The Morgan fingerprint density at radius 1 is 1.43 bits per heavy atom. The highest BCUT2D eigenvalue weighted by molar-refractivity contribution is 7.16. The Hall–Kier alpha value is -2.42. The molecule has 3 aromatic rings. The van der Waals surface area contributed by atoms with Gasteiger partial charge in [-0.15, -0.1) is 21.8 Å². The van der Waals surface area contributed by atoms with Crippen LogP contribution in [0.5, 0.6) is 0 Å². The smallest absolute Gasteiger partial charge is 0.413 e. The number of alkyl halides is 1. The van der Waals surface area contributed by atoms with Gasteiger partial charge in [-0.3, -0.25) is 5.32 Å². The van der Waals surface area contributed by atoms with Crippen LogP contribution in [0.4, 0.5) is 9.93 Å². The summed E-state index contributed by atoms with van der Waals surface area (Å²) in [5.41, 5.74) is 3.47. The van der Waals surface area contributed by atoms with Crippen LogP contribution in [0.15, 0.2) is 41.7 Å². The normalized spacial score (nSPS) is 16.6. The molecule has 1 N–H and O–H groups in total. The first kappa shape index (κ1) is 18.9. The summed E-state index contributed by atoms with van der Waals surface area (Å²) < 4.78 is 7.19. The summed E-state index contributed by atoms with van der Waals surface area (Å²) in [5.74, 6) is 0. The average Bonchev–Trinajstić information content (AvgIpc) is 3.27. The number of rotatable bonds is 4. The van der Waals surface area contributed by atoms with Crippen LogP contribution in [0.3, 0.4) is 0 Å². The summed E-state index contributed by atoms with van der Waals surface area (Å²) in [5, 5.41) is 12.1. The van der Waals surface area contributed by atoms with Gasteiger partial charge in [0.15, 0.2) is 5.01 Å². The second kappa shape index (κ2) is 7.90. The first-order chi connectivity index (χ1) is 13.5. The largest absolute Gasteiger partial charge is 0.444 e. The topological polar surface area (TPSA) is 81.9 Å². The third kappa shape index (κ3) is 4.04. The molecule has 1 aliphatic carbocycles. The van der Waals surface area contributed by atoms with Crippen LogP contribution in [-0.2, 0) is 18.4 Å². The zero-order valence-electron chi connectivity index (χ0n) is 14.7. The molecule has 10 heteroatoms. The van der Waals surface area contributed by atoms with Crippen LogP contribution in [0.2, 0.25) is 0 Å². The lowest BCUT2D eigenvalue weighted by molar-refractivity contribution is 0.155. The van der Waals surface area contributed by atoms with Crippen molar-refractivity contribution >= 4 is 62.4 Å². The molecule has 1 aromatic carbocycles. The number of aryl methyl sites for hydroxylation is 1. The van der Waals surface area contributed by atoms with E-state index in [-0.39, 0.29) is 12.0 Å². The van der Waals surface area contributed by atoms with E-state index in [2.05, 4.69) is 20.5 Å². The van der Waals surface area contributed by atoms with Gasteiger partial charge in [-0.2, -0.15) is 0 Å². The minimum Gasteiger partial charge on any atom is -0.444 e. The van der Waals surface area contributed by atoms with Crippen LogP contribution < -0.4 is 5.32 Å². The van der Waals surface area contributed by atoms with E-state index in [0.29, 0.717) is 21.6 Å². The average molecular weight is 436 g/mol. The van der Waals surface area contributed by atoms with Crippen LogP contribution >= 0.6 is 34.5 Å². The third-order valence-corrected chi connectivity index (χ3v) is 5.69. The number of benzene rings is 1. The molecule has 1 atom stereocenters. The molecule has 4 rings (SSSR count). The molecule has 0 bridgehead atoms. The van der Waals surface area contributed by atoms with E-state index in [0.717, 1.165) is 22.2 Å². The van der Waals surface area contributed by atoms with E-state index in [4.69, 9.17) is 27.9 Å². The molecule has 2 heterocycles. The lowest BCUT2D eigenvalue weighted by atomic mass is 10.1. The van der Waals surface area contributed by atoms with Gasteiger partial charge in [0.25, 0.3) is 0 Å². The maximum Gasteiger partial charge on any atom is 0.413 e. The first-order valence-corrected chi connectivity index (χ1v) is 10.0. The molecule has 28 heavy (non-hydrogen) atoms. The number of carbonyl (C=O) groups excluding carboxylic acids is 1. The van der Waals surface area contributed by atoms with E-state index in [9.17, 15) is 4.79 Å². The van der Waals surface area contributed by atoms with Crippen molar-refractivity contribution in [3.63, 3.8) is 0 Å². The van der Waals surface area contributed by atoms with Crippen molar-refractivity contribution in [1.82, 2.24) is 19.7 Å². The molecule has 0 fully saturated rings. The minimum absolute atomic E-state index is 0.123. The number of nitrogens with zero attached hydrogens (tertiary/aromatic N) is 4. The van der Waals surface area contributed by atoms with E-state index < -0.39 is 6.09 Å². The van der Waals surface area contributed by atoms with E-state index in [1.165, 1.54) is 11.3 Å². The number of aromatic nitrogens is 4. The summed E-state index contributed by atoms with van der Waals surface area (Å²) in [6.07, 6.45) is 5.35. The number of amides is 1. The highest BCUT2D eigenvalue weighted by Gasteiger charge is 2.18. The van der Waals surface area contributed by atoms with Crippen molar-refractivity contribution in [1.29, 1.82) is 0 Å². The van der Waals surface area contributed by atoms with Crippen LogP contribution in [0.1, 0.15) is 17.0 Å². The van der Waals surface area contributed by atoms with Gasteiger partial charge in [-0.05, 0) is 17.7 Å². The zero-order chi connectivity index (χ0) is 19.7. The summed E-state index contributed by atoms with van der Waals surface area (Å²) in [4.78, 5) is 16.4. The number of hydrogen-bond donors (Lipinski definition) is 1. The number of allylic oxidation sites excluding steroid dienone is 4. The van der Waals surface area contributed by atoms with Crippen LogP contribution in [-0.4, -0.2) is 31.2 Å². The van der Waals surface area contributed by atoms with E-state index >= 15 is 0 Å². The molecule has 0 radical (unpaired) electrons. The Morgan fingerprint density at radius 3 is 3.11 bits per heavy atom. The summed E-state index contributed by atoms with van der Waals surface area (Å²) in [6, 6.07) is 5.73. The maximum absolute atomic E-state index is 12.1. The fraction of sp³-hybridized carbons (Fsp3) is 0.222. The first-order valence-electron chi connectivity index (χ1n) is 8.38. The van der Waals surface area contributed by atoms with Gasteiger partial charge in [-0.25, -0.2) is 9.78 Å². The van der Waals surface area contributed by atoms with Crippen molar-refractivity contribution in [2.75, 3.05) is 5.32 Å². The minimum atomic E-state index is -0.607. The van der Waals surface area contributed by atoms with Crippen LogP contribution in [0.25, 0.3) is 16.6 Å². The number of ether oxygens (including phenoxy) is 1. The van der Waals surface area contributed by atoms with Gasteiger partial charge in [0.05, 0.1) is 22.7 Å². The molecule has 1 aliphatic rings. The maximum atomic E-state index is 12.1. The quantitative estimate of drug-likeness (QED) is 0.600. The SMILES string of the molecule is Cn1cnc2cc(COC(=O)Nc3nnc(C4=C(Cl)CC(Cl)C=C4)s3)ccc21. The Kier molecular flexibility index (Phi) is 5.34. The number of hydrogen-bond acceptors (Lipinski definition) is 6. The molecule has 0 saturated carbocycles. The van der Waals surface area contributed by atoms with Crippen molar-refractivity contribution in [2.45, 2.75) is 18.4 Å². The summed E-state index contributed by atoms with van der Waals surface area (Å²) >= 11 is 13.5. The number of carbonyl (C=O) groups is 1. The number of halogens is 2. The number of nitrogens with one attached hydrogen (secondary N) is 1. The predicted octanol–water partition coefficient (Wildman–Crippen LogP) is 4.69. The molecule has 0 aliphatic heterocycles. The number of anilines is 1.